The lowest BCUT2D eigenvalue weighted by atomic mass is 10.1. The van der Waals surface area contributed by atoms with Crippen molar-refractivity contribution in [2.75, 3.05) is 25.2 Å². The molecule has 2 aromatic carbocycles. The van der Waals surface area contributed by atoms with Crippen LogP contribution in [-0.4, -0.2) is 37.4 Å². The van der Waals surface area contributed by atoms with Crippen molar-refractivity contribution in [3.05, 3.63) is 52.9 Å². The first kappa shape index (κ1) is 19.4. The largest absolute Gasteiger partial charge is 0.497 e. The molecular weight excluding hydrogens is 388 g/mol. The SMILES string of the molecule is COc1cccc(N2C(=O)/C(=C/c3ccc4c(c3)OCCO4)SC2=NC(C)C)c1. The van der Waals surface area contributed by atoms with Crippen LogP contribution in [0, 0.1) is 0 Å². The summed E-state index contributed by atoms with van der Waals surface area (Å²) >= 11 is 1.37. The van der Waals surface area contributed by atoms with Crippen LogP contribution in [0.3, 0.4) is 0 Å². The van der Waals surface area contributed by atoms with Crippen LogP contribution in [0.15, 0.2) is 52.4 Å². The highest BCUT2D eigenvalue weighted by Gasteiger charge is 2.35. The number of amidine groups is 1. The van der Waals surface area contributed by atoms with Gasteiger partial charge in [-0.1, -0.05) is 12.1 Å². The predicted molar refractivity (Wildman–Crippen MR) is 116 cm³/mol. The van der Waals surface area contributed by atoms with E-state index in [1.54, 1.807) is 12.0 Å². The molecule has 2 aliphatic heterocycles. The van der Waals surface area contributed by atoms with Crippen molar-refractivity contribution < 1.29 is 19.0 Å². The van der Waals surface area contributed by atoms with E-state index in [0.29, 0.717) is 34.8 Å². The zero-order chi connectivity index (χ0) is 20.4. The van der Waals surface area contributed by atoms with E-state index in [4.69, 9.17) is 14.2 Å². The van der Waals surface area contributed by atoms with Crippen molar-refractivity contribution in [1.29, 1.82) is 0 Å². The number of benzene rings is 2. The van der Waals surface area contributed by atoms with E-state index in [1.165, 1.54) is 11.8 Å². The van der Waals surface area contributed by atoms with Crippen molar-refractivity contribution in [3.8, 4) is 17.2 Å². The second-order valence-corrected chi connectivity index (χ2v) is 7.87. The van der Waals surface area contributed by atoms with Crippen molar-refractivity contribution in [2.45, 2.75) is 19.9 Å². The van der Waals surface area contributed by atoms with Crippen LogP contribution in [0.25, 0.3) is 6.08 Å². The molecule has 0 bridgehead atoms. The van der Waals surface area contributed by atoms with E-state index >= 15 is 0 Å². The lowest BCUT2D eigenvalue weighted by Crippen LogP contribution is -2.29. The Bertz CT molecular complexity index is 1000. The molecule has 0 aliphatic carbocycles. The monoisotopic (exact) mass is 410 g/mol. The van der Waals surface area contributed by atoms with Gasteiger partial charge in [-0.2, -0.15) is 0 Å². The number of hydrogen-bond donors (Lipinski definition) is 0. The topological polar surface area (TPSA) is 60.4 Å². The summed E-state index contributed by atoms with van der Waals surface area (Å²) < 4.78 is 16.5. The van der Waals surface area contributed by atoms with E-state index in [1.807, 2.05) is 62.4 Å². The molecule has 0 saturated carbocycles. The van der Waals surface area contributed by atoms with Gasteiger partial charge in [-0.25, -0.2) is 0 Å². The lowest BCUT2D eigenvalue weighted by molar-refractivity contribution is -0.113. The molecule has 29 heavy (non-hydrogen) atoms. The van der Waals surface area contributed by atoms with Gasteiger partial charge in [0, 0.05) is 12.1 Å². The summed E-state index contributed by atoms with van der Waals surface area (Å²) in [5.74, 6) is 2.00. The number of fused-ring (bicyclic) bond motifs is 1. The average Bonchev–Trinajstić information content (AvgIpc) is 3.02. The van der Waals surface area contributed by atoms with E-state index in [0.717, 1.165) is 17.0 Å². The highest BCUT2D eigenvalue weighted by Crippen LogP contribution is 2.38. The molecule has 0 N–H and O–H groups in total. The van der Waals surface area contributed by atoms with Crippen LogP contribution in [0.4, 0.5) is 5.69 Å². The summed E-state index contributed by atoms with van der Waals surface area (Å²) in [6.45, 7) is 5.05. The molecule has 0 unspecified atom stereocenters. The molecule has 4 rings (SSSR count). The van der Waals surface area contributed by atoms with E-state index < -0.39 is 0 Å². The fourth-order valence-electron chi connectivity index (χ4n) is 3.06. The number of anilines is 1. The van der Waals surface area contributed by atoms with Gasteiger partial charge >= 0.3 is 0 Å². The van der Waals surface area contributed by atoms with Gasteiger partial charge in [-0.15, -0.1) is 0 Å². The number of methoxy groups -OCH3 is 1. The predicted octanol–water partition coefficient (Wildman–Crippen LogP) is 4.35. The fourth-order valence-corrected chi connectivity index (χ4v) is 4.17. The normalized spacial score (nSPS) is 18.8. The maximum absolute atomic E-state index is 13.2. The van der Waals surface area contributed by atoms with Crippen molar-refractivity contribution in [3.63, 3.8) is 0 Å². The highest BCUT2D eigenvalue weighted by molar-refractivity contribution is 8.19. The molecular formula is C22H22N2O4S. The van der Waals surface area contributed by atoms with Crippen LogP contribution in [0.2, 0.25) is 0 Å². The molecule has 0 aromatic heterocycles. The summed E-state index contributed by atoms with van der Waals surface area (Å²) in [6.07, 6.45) is 1.86. The number of nitrogens with zero attached hydrogens (tertiary/aromatic N) is 2. The standard InChI is InChI=1S/C22H22N2O4S/c1-14(2)23-22-24(16-5-4-6-17(13-16)26-3)21(25)20(29-22)12-15-7-8-18-19(11-15)28-10-9-27-18/h4-8,11-14H,9-10H2,1-3H3/b20-12-,23-22?. The maximum Gasteiger partial charge on any atom is 0.271 e. The quantitative estimate of drug-likeness (QED) is 0.702. The Morgan fingerprint density at radius 1 is 1.14 bits per heavy atom. The summed E-state index contributed by atoms with van der Waals surface area (Å²) in [5.41, 5.74) is 1.60. The van der Waals surface area contributed by atoms with Gasteiger partial charge in [-0.3, -0.25) is 14.7 Å². The van der Waals surface area contributed by atoms with Gasteiger partial charge in [0.25, 0.3) is 5.91 Å². The lowest BCUT2D eigenvalue weighted by Gasteiger charge is -2.18. The molecule has 2 aromatic rings. The second kappa shape index (κ2) is 8.21. The summed E-state index contributed by atoms with van der Waals surface area (Å²) in [6, 6.07) is 13.2. The van der Waals surface area contributed by atoms with Crippen molar-refractivity contribution >= 4 is 34.6 Å². The third kappa shape index (κ3) is 4.10. The maximum atomic E-state index is 13.2. The first-order chi connectivity index (χ1) is 14.0. The summed E-state index contributed by atoms with van der Waals surface area (Å²) in [4.78, 5) is 20.1. The van der Waals surface area contributed by atoms with Gasteiger partial charge in [0.15, 0.2) is 16.7 Å². The first-order valence-corrected chi connectivity index (χ1v) is 10.2. The molecule has 1 fully saturated rings. The van der Waals surface area contributed by atoms with Gasteiger partial charge in [0.1, 0.15) is 19.0 Å². The number of thioether (sulfide) groups is 1. The molecule has 2 aliphatic rings. The number of aliphatic imine (C=N–C) groups is 1. The van der Waals surface area contributed by atoms with Gasteiger partial charge < -0.3 is 14.2 Å². The molecule has 0 atom stereocenters. The van der Waals surface area contributed by atoms with Crippen LogP contribution in [0.5, 0.6) is 17.2 Å². The van der Waals surface area contributed by atoms with Crippen molar-refractivity contribution in [2.24, 2.45) is 4.99 Å². The Balaban J connectivity index is 1.70. The zero-order valence-corrected chi connectivity index (χ0v) is 17.4. The minimum atomic E-state index is -0.113. The molecule has 1 amide bonds. The van der Waals surface area contributed by atoms with Crippen molar-refractivity contribution in [1.82, 2.24) is 0 Å². The summed E-state index contributed by atoms with van der Waals surface area (Å²) in [7, 11) is 1.61. The Labute approximate surface area is 174 Å². The van der Waals surface area contributed by atoms with Crippen LogP contribution in [0.1, 0.15) is 19.4 Å². The molecule has 2 heterocycles. The van der Waals surface area contributed by atoms with Gasteiger partial charge in [-0.05, 0) is 61.5 Å². The number of hydrogen-bond acceptors (Lipinski definition) is 6. The average molecular weight is 410 g/mol. The molecule has 7 heteroatoms. The number of carbonyl (C=O) groups is 1. The second-order valence-electron chi connectivity index (χ2n) is 6.86. The Hall–Kier alpha value is -2.93. The number of rotatable bonds is 4. The molecule has 0 radical (unpaired) electrons. The third-order valence-corrected chi connectivity index (χ3v) is 5.33. The van der Waals surface area contributed by atoms with Gasteiger partial charge in [0.05, 0.1) is 17.7 Å². The van der Waals surface area contributed by atoms with E-state index in [-0.39, 0.29) is 11.9 Å². The van der Waals surface area contributed by atoms with E-state index in [9.17, 15) is 4.79 Å². The summed E-state index contributed by atoms with van der Waals surface area (Å²) in [5, 5.41) is 0.655. The smallest absolute Gasteiger partial charge is 0.271 e. The van der Waals surface area contributed by atoms with E-state index in [2.05, 4.69) is 4.99 Å². The Morgan fingerprint density at radius 2 is 1.93 bits per heavy atom. The molecule has 6 nitrogen and oxygen atoms in total. The van der Waals surface area contributed by atoms with Crippen LogP contribution in [-0.2, 0) is 4.79 Å². The number of carbonyl (C=O) groups excluding carboxylic acids is 1. The minimum absolute atomic E-state index is 0.0621. The molecule has 150 valence electrons. The first-order valence-electron chi connectivity index (χ1n) is 9.40. The van der Waals surface area contributed by atoms with Gasteiger partial charge in [0.2, 0.25) is 0 Å². The Kier molecular flexibility index (Phi) is 5.49. The molecule has 1 saturated heterocycles. The fraction of sp³-hybridized carbons (Fsp3) is 0.273. The third-order valence-electron chi connectivity index (χ3n) is 4.35. The zero-order valence-electron chi connectivity index (χ0n) is 16.5. The number of ether oxygens (including phenoxy) is 3. The number of amides is 1. The highest BCUT2D eigenvalue weighted by atomic mass is 32.2. The molecule has 0 spiro atoms. The van der Waals surface area contributed by atoms with Crippen LogP contribution >= 0.6 is 11.8 Å². The van der Waals surface area contributed by atoms with Crippen LogP contribution < -0.4 is 19.1 Å². The minimum Gasteiger partial charge on any atom is -0.497 e. The Morgan fingerprint density at radius 3 is 2.69 bits per heavy atom.